The van der Waals surface area contributed by atoms with E-state index >= 15 is 0 Å². The van der Waals surface area contributed by atoms with Crippen LogP contribution in [0.2, 0.25) is 0 Å². The Hall–Kier alpha value is -1.27. The zero-order valence-electron chi connectivity index (χ0n) is 10.7. The molecule has 2 N–H and O–H groups in total. The van der Waals surface area contributed by atoms with Crippen molar-refractivity contribution in [1.82, 2.24) is 5.32 Å². The van der Waals surface area contributed by atoms with Gasteiger partial charge in [-0.3, -0.25) is 0 Å². The van der Waals surface area contributed by atoms with E-state index in [0.717, 1.165) is 0 Å². The Kier molecular flexibility index (Phi) is 6.66. The van der Waals surface area contributed by atoms with Gasteiger partial charge in [0.05, 0.1) is 0 Å². The third-order valence-electron chi connectivity index (χ3n) is 2.66. The van der Waals surface area contributed by atoms with Gasteiger partial charge in [0.15, 0.2) is 11.6 Å². The zero-order valence-corrected chi connectivity index (χ0v) is 10.7. The van der Waals surface area contributed by atoms with Crippen molar-refractivity contribution in [2.45, 2.75) is 26.5 Å². The number of aliphatic hydroxyl groups excluding tert-OH is 1. The molecule has 1 rings (SSSR count). The van der Waals surface area contributed by atoms with Gasteiger partial charge in [-0.15, -0.1) is 0 Å². The van der Waals surface area contributed by atoms with Crippen molar-refractivity contribution in [1.29, 1.82) is 0 Å². The van der Waals surface area contributed by atoms with Crippen molar-refractivity contribution in [3.8, 4) is 5.75 Å². The average Bonchev–Trinajstić information content (AvgIpc) is 2.32. The Balaban J connectivity index is 2.45. The summed E-state index contributed by atoms with van der Waals surface area (Å²) in [4.78, 5) is 0. The van der Waals surface area contributed by atoms with Crippen molar-refractivity contribution >= 4 is 0 Å². The summed E-state index contributed by atoms with van der Waals surface area (Å²) in [6.07, 6.45) is 0.697. The van der Waals surface area contributed by atoms with Crippen molar-refractivity contribution < 1.29 is 23.0 Å². The molecular formula is C13H18F3NO2. The van der Waals surface area contributed by atoms with Gasteiger partial charge in [0, 0.05) is 13.2 Å². The average molecular weight is 277 g/mol. The number of hydrogen-bond acceptors (Lipinski definition) is 3. The first-order valence-corrected chi connectivity index (χ1v) is 6.07. The van der Waals surface area contributed by atoms with Gasteiger partial charge < -0.3 is 15.2 Å². The number of nitrogens with one attached hydrogen (secondary N) is 1. The molecule has 1 aromatic rings. The smallest absolute Gasteiger partial charge is 0.387 e. The highest BCUT2D eigenvalue weighted by Gasteiger charge is 2.10. The van der Waals surface area contributed by atoms with Crippen LogP contribution in [0.4, 0.5) is 13.2 Å². The van der Waals surface area contributed by atoms with Gasteiger partial charge in [0.25, 0.3) is 0 Å². The van der Waals surface area contributed by atoms with Gasteiger partial charge >= 0.3 is 6.61 Å². The van der Waals surface area contributed by atoms with Crippen LogP contribution in [0.15, 0.2) is 18.2 Å². The first kappa shape index (κ1) is 15.8. The summed E-state index contributed by atoms with van der Waals surface area (Å²) >= 11 is 0. The standard InChI is InChI=1S/C13H18F3NO2/c1-9(4-5-18)7-17-8-10-2-3-12(11(14)6-10)19-13(15)16/h2-3,6,9,13,17-18H,4-5,7-8H2,1H3. The molecule has 0 heterocycles. The van der Waals surface area contributed by atoms with Crippen LogP contribution in [0.3, 0.4) is 0 Å². The van der Waals surface area contributed by atoms with Gasteiger partial charge in [-0.2, -0.15) is 8.78 Å². The predicted molar refractivity (Wildman–Crippen MR) is 65.6 cm³/mol. The lowest BCUT2D eigenvalue weighted by atomic mass is 10.1. The first-order chi connectivity index (χ1) is 9.02. The largest absolute Gasteiger partial charge is 0.432 e. The molecule has 0 aromatic heterocycles. The molecule has 19 heavy (non-hydrogen) atoms. The lowest BCUT2D eigenvalue weighted by molar-refractivity contribution is -0.0522. The number of halogens is 3. The monoisotopic (exact) mass is 277 g/mol. The Morgan fingerprint density at radius 1 is 1.37 bits per heavy atom. The van der Waals surface area contributed by atoms with Crippen LogP contribution in [0.25, 0.3) is 0 Å². The summed E-state index contributed by atoms with van der Waals surface area (Å²) in [7, 11) is 0. The summed E-state index contributed by atoms with van der Waals surface area (Å²) in [6, 6.07) is 3.89. The van der Waals surface area contributed by atoms with E-state index in [0.29, 0.717) is 31.0 Å². The van der Waals surface area contributed by atoms with Gasteiger partial charge in [0.2, 0.25) is 0 Å². The van der Waals surface area contributed by atoms with E-state index in [2.05, 4.69) is 10.1 Å². The number of alkyl halides is 2. The highest BCUT2D eigenvalue weighted by atomic mass is 19.3. The maximum Gasteiger partial charge on any atom is 0.387 e. The van der Waals surface area contributed by atoms with Crippen molar-refractivity contribution in [2.24, 2.45) is 5.92 Å². The minimum Gasteiger partial charge on any atom is -0.432 e. The van der Waals surface area contributed by atoms with Crippen molar-refractivity contribution in [3.05, 3.63) is 29.6 Å². The van der Waals surface area contributed by atoms with E-state index in [-0.39, 0.29) is 6.61 Å². The molecule has 108 valence electrons. The topological polar surface area (TPSA) is 41.5 Å². The fourth-order valence-electron chi connectivity index (χ4n) is 1.63. The van der Waals surface area contributed by atoms with Gasteiger partial charge in [0.1, 0.15) is 0 Å². The van der Waals surface area contributed by atoms with Crippen LogP contribution in [-0.2, 0) is 6.54 Å². The minimum atomic E-state index is -3.03. The number of hydrogen-bond donors (Lipinski definition) is 2. The molecule has 3 nitrogen and oxygen atoms in total. The van der Waals surface area contributed by atoms with Crippen molar-refractivity contribution in [3.63, 3.8) is 0 Å². The van der Waals surface area contributed by atoms with Gasteiger partial charge in [-0.05, 0) is 36.6 Å². The van der Waals surface area contributed by atoms with E-state index in [4.69, 9.17) is 5.11 Å². The molecule has 0 amide bonds. The highest BCUT2D eigenvalue weighted by molar-refractivity contribution is 5.29. The number of aliphatic hydroxyl groups is 1. The lowest BCUT2D eigenvalue weighted by Gasteiger charge is -2.12. The summed E-state index contributed by atoms with van der Waals surface area (Å²) in [6.45, 7) is 0.220. The summed E-state index contributed by atoms with van der Waals surface area (Å²) in [5, 5.41) is 11.8. The van der Waals surface area contributed by atoms with Gasteiger partial charge in [-0.25, -0.2) is 4.39 Å². The summed E-state index contributed by atoms with van der Waals surface area (Å²) < 4.78 is 41.3. The molecule has 0 radical (unpaired) electrons. The SMILES string of the molecule is CC(CCO)CNCc1ccc(OC(F)F)c(F)c1. The molecule has 0 saturated carbocycles. The van der Waals surface area contributed by atoms with Crippen LogP contribution >= 0.6 is 0 Å². The third-order valence-corrected chi connectivity index (χ3v) is 2.66. The minimum absolute atomic E-state index is 0.136. The molecule has 6 heteroatoms. The van der Waals surface area contributed by atoms with Crippen LogP contribution in [0.1, 0.15) is 18.9 Å². The molecule has 0 aliphatic heterocycles. The van der Waals surface area contributed by atoms with E-state index in [1.807, 2.05) is 6.92 Å². The molecule has 0 saturated heterocycles. The van der Waals surface area contributed by atoms with E-state index in [1.165, 1.54) is 18.2 Å². The van der Waals surface area contributed by atoms with Crippen LogP contribution in [0.5, 0.6) is 5.75 Å². The molecule has 0 aliphatic rings. The molecule has 0 bridgehead atoms. The Morgan fingerprint density at radius 2 is 2.11 bits per heavy atom. The van der Waals surface area contributed by atoms with E-state index in [1.54, 1.807) is 0 Å². The Morgan fingerprint density at radius 3 is 2.68 bits per heavy atom. The zero-order chi connectivity index (χ0) is 14.3. The quantitative estimate of drug-likeness (QED) is 0.767. The fourth-order valence-corrected chi connectivity index (χ4v) is 1.63. The second-order valence-electron chi connectivity index (χ2n) is 4.39. The molecule has 1 aromatic carbocycles. The third kappa shape index (κ3) is 5.94. The van der Waals surface area contributed by atoms with E-state index < -0.39 is 18.2 Å². The molecule has 0 aliphatic carbocycles. The first-order valence-electron chi connectivity index (χ1n) is 6.07. The van der Waals surface area contributed by atoms with Crippen LogP contribution in [-0.4, -0.2) is 24.9 Å². The van der Waals surface area contributed by atoms with Crippen molar-refractivity contribution in [2.75, 3.05) is 13.2 Å². The molecule has 0 spiro atoms. The maximum absolute atomic E-state index is 13.4. The molecule has 1 atom stereocenters. The second-order valence-corrected chi connectivity index (χ2v) is 4.39. The highest BCUT2D eigenvalue weighted by Crippen LogP contribution is 2.20. The summed E-state index contributed by atoms with van der Waals surface area (Å²) in [5.41, 5.74) is 0.648. The van der Waals surface area contributed by atoms with E-state index in [9.17, 15) is 13.2 Å². The number of rotatable bonds is 8. The molecular weight excluding hydrogens is 259 g/mol. The summed E-state index contributed by atoms with van der Waals surface area (Å²) in [5.74, 6) is -0.938. The second kappa shape index (κ2) is 8.01. The number of ether oxygens (including phenoxy) is 1. The number of benzene rings is 1. The maximum atomic E-state index is 13.4. The normalized spacial score (nSPS) is 12.7. The van der Waals surface area contributed by atoms with Crippen LogP contribution < -0.4 is 10.1 Å². The lowest BCUT2D eigenvalue weighted by Crippen LogP contribution is -2.21. The predicted octanol–water partition coefficient (Wildman–Crippen LogP) is 2.54. The van der Waals surface area contributed by atoms with Crippen LogP contribution in [0, 0.1) is 11.7 Å². The molecule has 1 unspecified atom stereocenters. The Labute approximate surface area is 110 Å². The molecule has 0 fully saturated rings. The fraction of sp³-hybridized carbons (Fsp3) is 0.538. The Bertz CT molecular complexity index is 388. The van der Waals surface area contributed by atoms with Gasteiger partial charge in [-0.1, -0.05) is 13.0 Å².